The first-order valence-corrected chi connectivity index (χ1v) is 10.6. The number of hydrogen-bond donors (Lipinski definition) is 2. The van der Waals surface area contributed by atoms with Crippen LogP contribution in [0.15, 0.2) is 42.5 Å². The lowest BCUT2D eigenvalue weighted by molar-refractivity contribution is -0.159. The molecule has 0 bridgehead atoms. The number of hydrogen-bond acceptors (Lipinski definition) is 7. The zero-order chi connectivity index (χ0) is 25.1. The van der Waals surface area contributed by atoms with Crippen molar-refractivity contribution in [2.24, 2.45) is 0 Å². The van der Waals surface area contributed by atoms with Gasteiger partial charge in [0.05, 0.1) is 27.8 Å². The minimum Gasteiger partial charge on any atom is -0.493 e. The van der Waals surface area contributed by atoms with Crippen LogP contribution in [0, 0.1) is 0 Å². The molecule has 1 aliphatic heterocycles. The first kappa shape index (κ1) is 26.5. The Hall–Kier alpha value is -3.79. The molecule has 0 radical (unpaired) electrons. The van der Waals surface area contributed by atoms with E-state index in [1.165, 1.54) is 0 Å². The van der Waals surface area contributed by atoms with E-state index in [-0.39, 0.29) is 5.91 Å². The summed E-state index contributed by atoms with van der Waals surface area (Å²) in [5.74, 6) is -1.50. The molecular formula is C24H30N2O8. The quantitative estimate of drug-likeness (QED) is 0.577. The predicted molar refractivity (Wildman–Crippen MR) is 123 cm³/mol. The lowest BCUT2D eigenvalue weighted by Crippen LogP contribution is -2.48. The van der Waals surface area contributed by atoms with E-state index in [1.807, 2.05) is 47.4 Å². The molecule has 184 valence electrons. The predicted octanol–water partition coefficient (Wildman–Crippen LogP) is 1.75. The van der Waals surface area contributed by atoms with Crippen molar-refractivity contribution in [2.75, 3.05) is 47.5 Å². The molecule has 0 saturated carbocycles. The summed E-state index contributed by atoms with van der Waals surface area (Å²) < 4.78 is 16.4. The number of aliphatic carboxylic acids is 2. The van der Waals surface area contributed by atoms with Crippen LogP contribution in [0.2, 0.25) is 0 Å². The van der Waals surface area contributed by atoms with Crippen LogP contribution in [0.4, 0.5) is 0 Å². The van der Waals surface area contributed by atoms with Gasteiger partial charge in [-0.3, -0.25) is 9.69 Å². The summed E-state index contributed by atoms with van der Waals surface area (Å²) in [6.45, 7) is 3.88. The second kappa shape index (κ2) is 13.0. The third-order valence-corrected chi connectivity index (χ3v) is 5.29. The molecule has 2 aromatic carbocycles. The fourth-order valence-electron chi connectivity index (χ4n) is 3.57. The van der Waals surface area contributed by atoms with Gasteiger partial charge in [0.15, 0.2) is 11.5 Å². The highest BCUT2D eigenvalue weighted by molar-refractivity contribution is 6.27. The van der Waals surface area contributed by atoms with Gasteiger partial charge in [0.2, 0.25) is 11.7 Å². The molecule has 2 aromatic rings. The molecule has 3 rings (SSSR count). The number of carbonyl (C=O) groups excluding carboxylic acids is 1. The van der Waals surface area contributed by atoms with Crippen molar-refractivity contribution in [1.82, 2.24) is 9.80 Å². The molecule has 0 aromatic heterocycles. The molecule has 1 heterocycles. The number of carboxylic acids is 2. The van der Waals surface area contributed by atoms with Gasteiger partial charge in [0.1, 0.15) is 0 Å². The Kier molecular flexibility index (Phi) is 10.2. The van der Waals surface area contributed by atoms with E-state index in [1.54, 1.807) is 21.3 Å². The van der Waals surface area contributed by atoms with Crippen LogP contribution in [0.3, 0.4) is 0 Å². The summed E-state index contributed by atoms with van der Waals surface area (Å²) >= 11 is 0. The van der Waals surface area contributed by atoms with Gasteiger partial charge in [-0.15, -0.1) is 0 Å². The van der Waals surface area contributed by atoms with Crippen LogP contribution in [0.1, 0.15) is 11.1 Å². The average molecular weight is 475 g/mol. The number of amides is 1. The summed E-state index contributed by atoms with van der Waals surface area (Å²) in [6, 6.07) is 13.8. The molecule has 2 N–H and O–H groups in total. The summed E-state index contributed by atoms with van der Waals surface area (Å²) in [4.78, 5) is 35.0. The number of ether oxygens (including phenoxy) is 3. The fourth-order valence-corrected chi connectivity index (χ4v) is 3.57. The second-order valence-corrected chi connectivity index (χ2v) is 7.42. The van der Waals surface area contributed by atoms with Crippen molar-refractivity contribution < 1.29 is 38.8 Å². The smallest absolute Gasteiger partial charge is 0.414 e. The van der Waals surface area contributed by atoms with Gasteiger partial charge in [-0.25, -0.2) is 9.59 Å². The van der Waals surface area contributed by atoms with E-state index in [4.69, 9.17) is 34.0 Å². The maximum Gasteiger partial charge on any atom is 0.414 e. The minimum atomic E-state index is -1.82. The third kappa shape index (κ3) is 7.38. The number of piperazine rings is 1. The molecular weight excluding hydrogens is 444 g/mol. The van der Waals surface area contributed by atoms with Gasteiger partial charge < -0.3 is 29.3 Å². The average Bonchev–Trinajstić information content (AvgIpc) is 2.85. The van der Waals surface area contributed by atoms with Crippen LogP contribution < -0.4 is 14.2 Å². The van der Waals surface area contributed by atoms with E-state index in [2.05, 4.69) is 4.90 Å². The summed E-state index contributed by atoms with van der Waals surface area (Å²) in [5.41, 5.74) is 2.11. The number of carboxylic acid groups (broad SMARTS) is 2. The van der Waals surface area contributed by atoms with Crippen LogP contribution in [0.5, 0.6) is 17.2 Å². The van der Waals surface area contributed by atoms with Gasteiger partial charge >= 0.3 is 11.9 Å². The Morgan fingerprint density at radius 2 is 1.38 bits per heavy atom. The lowest BCUT2D eigenvalue weighted by Gasteiger charge is -2.35. The van der Waals surface area contributed by atoms with Crippen molar-refractivity contribution in [3.8, 4) is 17.2 Å². The first-order valence-electron chi connectivity index (χ1n) is 10.6. The van der Waals surface area contributed by atoms with Gasteiger partial charge in [0.25, 0.3) is 0 Å². The van der Waals surface area contributed by atoms with E-state index < -0.39 is 11.9 Å². The van der Waals surface area contributed by atoms with Crippen LogP contribution in [-0.4, -0.2) is 85.4 Å². The Bertz CT molecular complexity index is 960. The number of methoxy groups -OCH3 is 3. The molecule has 0 unspecified atom stereocenters. The minimum absolute atomic E-state index is 0.189. The largest absolute Gasteiger partial charge is 0.493 e. The van der Waals surface area contributed by atoms with Crippen LogP contribution in [-0.2, 0) is 27.3 Å². The highest BCUT2D eigenvalue weighted by Gasteiger charge is 2.23. The Balaban J connectivity index is 0.000000604. The number of carbonyl (C=O) groups is 3. The topological polar surface area (TPSA) is 126 Å². The Morgan fingerprint density at radius 1 is 0.794 bits per heavy atom. The van der Waals surface area contributed by atoms with Crippen molar-refractivity contribution in [3.05, 3.63) is 53.6 Å². The van der Waals surface area contributed by atoms with Gasteiger partial charge in [-0.1, -0.05) is 36.4 Å². The molecule has 1 aliphatic rings. The highest BCUT2D eigenvalue weighted by atomic mass is 16.5. The summed E-state index contributed by atoms with van der Waals surface area (Å²) in [6.07, 6.45) is 0.463. The third-order valence-electron chi connectivity index (χ3n) is 5.29. The monoisotopic (exact) mass is 474 g/mol. The molecule has 0 aliphatic carbocycles. The zero-order valence-corrected chi connectivity index (χ0v) is 19.5. The number of rotatable bonds is 7. The molecule has 1 saturated heterocycles. The van der Waals surface area contributed by atoms with Crippen molar-refractivity contribution >= 4 is 17.8 Å². The van der Waals surface area contributed by atoms with Crippen LogP contribution in [0.25, 0.3) is 0 Å². The SMILES string of the molecule is COc1ccc(CN2CCN(C(=O)Cc3ccccc3)CC2)c(OC)c1OC.O=C(O)C(=O)O. The first-order chi connectivity index (χ1) is 16.3. The van der Waals surface area contributed by atoms with Crippen molar-refractivity contribution in [1.29, 1.82) is 0 Å². The molecule has 1 fully saturated rings. The highest BCUT2D eigenvalue weighted by Crippen LogP contribution is 2.40. The van der Waals surface area contributed by atoms with Gasteiger partial charge in [0, 0.05) is 38.3 Å². The lowest BCUT2D eigenvalue weighted by atomic mass is 10.1. The van der Waals surface area contributed by atoms with E-state index >= 15 is 0 Å². The van der Waals surface area contributed by atoms with E-state index in [0.29, 0.717) is 23.7 Å². The molecule has 10 heteroatoms. The van der Waals surface area contributed by atoms with Gasteiger partial charge in [-0.2, -0.15) is 0 Å². The Labute approximate surface area is 198 Å². The number of nitrogens with zero attached hydrogens (tertiary/aromatic N) is 2. The number of benzene rings is 2. The van der Waals surface area contributed by atoms with E-state index in [9.17, 15) is 4.79 Å². The normalized spacial score (nSPS) is 13.3. The van der Waals surface area contributed by atoms with Crippen molar-refractivity contribution in [3.63, 3.8) is 0 Å². The molecule has 1 amide bonds. The molecule has 34 heavy (non-hydrogen) atoms. The molecule has 0 spiro atoms. The molecule has 0 atom stereocenters. The van der Waals surface area contributed by atoms with Crippen molar-refractivity contribution in [2.45, 2.75) is 13.0 Å². The zero-order valence-electron chi connectivity index (χ0n) is 19.5. The summed E-state index contributed by atoms with van der Waals surface area (Å²) in [7, 11) is 4.87. The standard InChI is InChI=1S/C22H28N2O4.C2H2O4/c1-26-19-10-9-18(21(27-2)22(19)28-3)16-23-11-13-24(14-12-23)20(25)15-17-7-5-4-6-8-17;3-1(4)2(5)6/h4-10H,11-16H2,1-3H3;(H,3,4)(H,5,6). The fraction of sp³-hybridized carbons (Fsp3) is 0.375. The second-order valence-electron chi connectivity index (χ2n) is 7.42. The maximum absolute atomic E-state index is 12.5. The summed E-state index contributed by atoms with van der Waals surface area (Å²) in [5, 5.41) is 14.8. The van der Waals surface area contributed by atoms with Crippen LogP contribution >= 0.6 is 0 Å². The van der Waals surface area contributed by atoms with Gasteiger partial charge in [-0.05, 0) is 11.6 Å². The Morgan fingerprint density at radius 3 is 1.88 bits per heavy atom. The van der Waals surface area contributed by atoms with E-state index in [0.717, 1.165) is 43.9 Å². The molecule has 10 nitrogen and oxygen atoms in total. The maximum atomic E-state index is 12.5.